The lowest BCUT2D eigenvalue weighted by Crippen LogP contribution is -2.47. The first-order valence-corrected chi connectivity index (χ1v) is 12.8. The number of hydrogen-bond acceptors (Lipinski definition) is 8. The zero-order valence-electron chi connectivity index (χ0n) is 16.5. The Morgan fingerprint density at radius 2 is 2.10 bits per heavy atom. The van der Waals surface area contributed by atoms with Gasteiger partial charge in [-0.15, -0.1) is 10.2 Å². The highest BCUT2D eigenvalue weighted by Crippen LogP contribution is 2.32. The molecular weight excluding hydrogens is 456 g/mol. The third kappa shape index (κ3) is 6.21. The number of nitrogens with zero attached hydrogens (tertiary/aromatic N) is 3. The molecule has 0 saturated heterocycles. The fourth-order valence-electron chi connectivity index (χ4n) is 2.55. The van der Waals surface area contributed by atoms with Gasteiger partial charge in [0.1, 0.15) is 11.8 Å². The SMILES string of the molecule is CCCSc1nnc(NC(=O)C(CC)N(c2ccc(OC)c(Cl)c2)S(C)(=O)=O)s1. The normalized spacial score (nSPS) is 12.4. The second kappa shape index (κ2) is 10.5. The van der Waals surface area contributed by atoms with E-state index in [2.05, 4.69) is 22.4 Å². The molecule has 0 aliphatic carbocycles. The molecule has 12 heteroatoms. The number of hydrogen-bond donors (Lipinski definition) is 1. The number of amides is 1. The Labute approximate surface area is 184 Å². The highest BCUT2D eigenvalue weighted by Gasteiger charge is 2.32. The molecule has 1 aromatic heterocycles. The number of thioether (sulfide) groups is 1. The number of nitrogens with one attached hydrogen (secondary N) is 1. The predicted octanol–water partition coefficient (Wildman–Crippen LogP) is 3.89. The van der Waals surface area contributed by atoms with E-state index in [9.17, 15) is 13.2 Å². The van der Waals surface area contributed by atoms with Crippen molar-refractivity contribution in [2.45, 2.75) is 37.1 Å². The van der Waals surface area contributed by atoms with Crippen LogP contribution in [0.15, 0.2) is 22.5 Å². The molecule has 0 saturated carbocycles. The van der Waals surface area contributed by atoms with Crippen molar-refractivity contribution in [3.8, 4) is 5.75 Å². The molecule has 0 radical (unpaired) electrons. The van der Waals surface area contributed by atoms with Crippen molar-refractivity contribution in [2.24, 2.45) is 0 Å². The van der Waals surface area contributed by atoms with E-state index in [0.29, 0.717) is 10.9 Å². The monoisotopic (exact) mass is 478 g/mol. The van der Waals surface area contributed by atoms with Crippen LogP contribution in [0.2, 0.25) is 5.02 Å². The molecule has 1 heterocycles. The number of methoxy groups -OCH3 is 1. The van der Waals surface area contributed by atoms with Gasteiger partial charge in [-0.3, -0.25) is 14.4 Å². The number of halogens is 1. The zero-order valence-corrected chi connectivity index (χ0v) is 19.7. The Hall–Kier alpha value is -1.56. The van der Waals surface area contributed by atoms with E-state index in [1.165, 1.54) is 24.5 Å². The van der Waals surface area contributed by atoms with E-state index in [4.69, 9.17) is 16.3 Å². The summed E-state index contributed by atoms with van der Waals surface area (Å²) in [5.74, 6) is 0.820. The van der Waals surface area contributed by atoms with E-state index < -0.39 is 22.0 Å². The molecule has 0 aliphatic heterocycles. The van der Waals surface area contributed by atoms with Crippen molar-refractivity contribution in [3.63, 3.8) is 0 Å². The number of ether oxygens (including phenoxy) is 1. The predicted molar refractivity (Wildman–Crippen MR) is 119 cm³/mol. The second-order valence-corrected chi connectivity index (χ2v) is 10.6. The fourth-order valence-corrected chi connectivity index (χ4v) is 5.68. The molecule has 2 aromatic rings. The smallest absolute Gasteiger partial charge is 0.250 e. The molecule has 8 nitrogen and oxygen atoms in total. The van der Waals surface area contributed by atoms with Crippen LogP contribution in [-0.2, 0) is 14.8 Å². The van der Waals surface area contributed by atoms with Gasteiger partial charge < -0.3 is 4.74 Å². The third-order valence-corrected chi connectivity index (χ3v) is 7.44. The fraction of sp³-hybridized carbons (Fsp3) is 0.471. The molecule has 160 valence electrons. The Morgan fingerprint density at radius 1 is 1.38 bits per heavy atom. The summed E-state index contributed by atoms with van der Waals surface area (Å²) in [6.07, 6.45) is 2.29. The van der Waals surface area contributed by atoms with Gasteiger partial charge in [-0.25, -0.2) is 8.42 Å². The highest BCUT2D eigenvalue weighted by molar-refractivity contribution is 8.01. The minimum atomic E-state index is -3.77. The van der Waals surface area contributed by atoms with Crippen molar-refractivity contribution in [1.29, 1.82) is 0 Å². The highest BCUT2D eigenvalue weighted by atomic mass is 35.5. The first kappa shape index (κ1) is 23.7. The van der Waals surface area contributed by atoms with Gasteiger partial charge in [0, 0.05) is 5.75 Å². The standard InChI is InChI=1S/C17H23ClN4O4S3/c1-5-9-27-17-21-20-16(28-17)19-15(23)13(6-2)22(29(4,24)25)11-7-8-14(26-3)12(18)10-11/h7-8,10,13H,5-6,9H2,1-4H3,(H,19,20,23). The molecule has 0 aliphatic rings. The summed E-state index contributed by atoms with van der Waals surface area (Å²) in [4.78, 5) is 12.9. The van der Waals surface area contributed by atoms with Gasteiger partial charge in [0.25, 0.3) is 0 Å². The van der Waals surface area contributed by atoms with E-state index in [-0.39, 0.29) is 17.1 Å². The molecule has 0 spiro atoms. The lowest BCUT2D eigenvalue weighted by atomic mass is 10.2. The number of rotatable bonds is 10. The topological polar surface area (TPSA) is 101 Å². The van der Waals surface area contributed by atoms with Gasteiger partial charge in [-0.1, -0.05) is 48.5 Å². The summed E-state index contributed by atoms with van der Waals surface area (Å²) in [5, 5.41) is 11.2. The summed E-state index contributed by atoms with van der Waals surface area (Å²) >= 11 is 8.97. The molecule has 1 atom stereocenters. The average molecular weight is 479 g/mol. The number of anilines is 2. The van der Waals surface area contributed by atoms with Crippen LogP contribution in [0.1, 0.15) is 26.7 Å². The van der Waals surface area contributed by atoms with Gasteiger partial charge in [-0.05, 0) is 31.0 Å². The van der Waals surface area contributed by atoms with Crippen molar-refractivity contribution in [3.05, 3.63) is 23.2 Å². The van der Waals surface area contributed by atoms with Crippen LogP contribution in [-0.4, -0.2) is 49.7 Å². The molecule has 1 aromatic carbocycles. The molecule has 29 heavy (non-hydrogen) atoms. The van der Waals surface area contributed by atoms with Crippen molar-refractivity contribution >= 4 is 61.4 Å². The van der Waals surface area contributed by atoms with Gasteiger partial charge in [-0.2, -0.15) is 0 Å². The minimum absolute atomic E-state index is 0.246. The Kier molecular flexibility index (Phi) is 8.56. The molecule has 1 unspecified atom stereocenters. The zero-order chi connectivity index (χ0) is 21.6. The van der Waals surface area contributed by atoms with Crippen LogP contribution in [0, 0.1) is 0 Å². The van der Waals surface area contributed by atoms with E-state index >= 15 is 0 Å². The van der Waals surface area contributed by atoms with Crippen LogP contribution < -0.4 is 14.4 Å². The summed E-state index contributed by atoms with van der Waals surface area (Å²) in [6, 6.07) is 3.58. The molecule has 1 amide bonds. The average Bonchev–Trinajstić information content (AvgIpc) is 3.10. The Bertz CT molecular complexity index is 952. The van der Waals surface area contributed by atoms with E-state index in [1.807, 2.05) is 0 Å². The first-order valence-electron chi connectivity index (χ1n) is 8.81. The number of aromatic nitrogens is 2. The van der Waals surface area contributed by atoms with Crippen LogP contribution in [0.4, 0.5) is 10.8 Å². The van der Waals surface area contributed by atoms with Crippen LogP contribution in [0.5, 0.6) is 5.75 Å². The largest absolute Gasteiger partial charge is 0.495 e. The first-order chi connectivity index (χ1) is 13.7. The molecule has 1 N–H and O–H groups in total. The Morgan fingerprint density at radius 3 is 2.66 bits per heavy atom. The van der Waals surface area contributed by atoms with Crippen LogP contribution >= 0.6 is 34.7 Å². The van der Waals surface area contributed by atoms with Crippen molar-refractivity contribution in [2.75, 3.05) is 28.7 Å². The van der Waals surface area contributed by atoms with Gasteiger partial charge in [0.15, 0.2) is 4.34 Å². The number of carbonyl (C=O) groups excluding carboxylic acids is 1. The van der Waals surface area contributed by atoms with Crippen molar-refractivity contribution in [1.82, 2.24) is 10.2 Å². The summed E-state index contributed by atoms with van der Waals surface area (Å²) in [6.45, 7) is 3.80. The van der Waals surface area contributed by atoms with Gasteiger partial charge in [0.2, 0.25) is 21.1 Å². The maximum atomic E-state index is 12.9. The molecule has 0 bridgehead atoms. The van der Waals surface area contributed by atoms with Gasteiger partial charge in [0.05, 0.1) is 24.1 Å². The summed E-state index contributed by atoms with van der Waals surface area (Å²) in [7, 11) is -2.31. The lowest BCUT2D eigenvalue weighted by molar-refractivity contribution is -0.117. The maximum absolute atomic E-state index is 12.9. The number of carbonyl (C=O) groups is 1. The van der Waals surface area contributed by atoms with E-state index in [1.54, 1.807) is 30.8 Å². The third-order valence-electron chi connectivity index (χ3n) is 3.79. The summed E-state index contributed by atoms with van der Waals surface area (Å²) in [5.41, 5.74) is 0.275. The number of sulfonamides is 1. The minimum Gasteiger partial charge on any atom is -0.495 e. The van der Waals surface area contributed by atoms with Crippen LogP contribution in [0.3, 0.4) is 0 Å². The number of benzene rings is 1. The summed E-state index contributed by atoms with van der Waals surface area (Å²) < 4.78 is 32.0. The molecule has 2 rings (SSSR count). The quantitative estimate of drug-likeness (QED) is 0.408. The Balaban J connectivity index is 2.30. The molecule has 0 fully saturated rings. The lowest BCUT2D eigenvalue weighted by Gasteiger charge is -2.30. The second-order valence-electron chi connectivity index (χ2n) is 6.01. The maximum Gasteiger partial charge on any atom is 0.250 e. The van der Waals surface area contributed by atoms with Crippen LogP contribution in [0.25, 0.3) is 0 Å². The van der Waals surface area contributed by atoms with E-state index in [0.717, 1.165) is 27.1 Å². The van der Waals surface area contributed by atoms with Crippen molar-refractivity contribution < 1.29 is 17.9 Å². The van der Waals surface area contributed by atoms with Gasteiger partial charge >= 0.3 is 0 Å². The molecular formula is C17H23ClN4O4S3.